The maximum absolute atomic E-state index is 13.0. The molecule has 0 fully saturated rings. The number of nitrogens with one attached hydrogen (secondary N) is 4. The van der Waals surface area contributed by atoms with Crippen LogP contribution in [0.5, 0.6) is 0 Å². The van der Waals surface area contributed by atoms with Crippen molar-refractivity contribution in [1.82, 2.24) is 15.0 Å². The van der Waals surface area contributed by atoms with Gasteiger partial charge in [0.05, 0.1) is 5.56 Å². The number of carbonyl (C=O) groups excluding carboxylic acids is 1. The molecule has 4 N–H and O–H groups in total. The number of hydrogen-bond acceptors (Lipinski definition) is 5. The molecule has 0 saturated heterocycles. The summed E-state index contributed by atoms with van der Waals surface area (Å²) in [7, 11) is 0. The van der Waals surface area contributed by atoms with Crippen molar-refractivity contribution in [2.24, 2.45) is 0 Å². The smallest absolute Gasteiger partial charge is 0.259 e. The number of anilines is 3. The number of nitrogens with zero attached hydrogens (tertiary/aromatic N) is 2. The van der Waals surface area contributed by atoms with Crippen LogP contribution in [0, 0.1) is 0 Å². The molecule has 5 rings (SSSR count). The standard InChI is InChI=1S/C24H24N6O/c1-24(2)14-29-20-12-16(5-6-19(20)24)30-23(31)18-4-3-9-25-22(18)28-13-15-7-10-26-21-17(15)8-11-27-21/h3-12,29H,13-14H2,1-2H3,(H,25,28)(H,26,27)(H,30,31). The molecule has 1 aliphatic heterocycles. The first-order valence-corrected chi connectivity index (χ1v) is 10.3. The molecule has 0 aliphatic carbocycles. The average molecular weight is 412 g/mol. The summed E-state index contributed by atoms with van der Waals surface area (Å²) in [6.07, 6.45) is 5.32. The molecule has 0 radical (unpaired) electrons. The highest BCUT2D eigenvalue weighted by atomic mass is 16.1. The maximum atomic E-state index is 13.0. The number of H-pyrrole nitrogens is 1. The minimum Gasteiger partial charge on any atom is -0.384 e. The van der Waals surface area contributed by atoms with Crippen LogP contribution in [-0.2, 0) is 12.0 Å². The van der Waals surface area contributed by atoms with E-state index in [1.54, 1.807) is 24.5 Å². The molecule has 31 heavy (non-hydrogen) atoms. The molecule has 0 unspecified atom stereocenters. The van der Waals surface area contributed by atoms with Crippen molar-refractivity contribution < 1.29 is 4.79 Å². The van der Waals surface area contributed by atoms with Crippen LogP contribution in [0.15, 0.2) is 61.1 Å². The van der Waals surface area contributed by atoms with Gasteiger partial charge >= 0.3 is 0 Å². The van der Waals surface area contributed by atoms with E-state index in [2.05, 4.69) is 50.8 Å². The van der Waals surface area contributed by atoms with Gasteiger partial charge in [-0.25, -0.2) is 9.97 Å². The predicted molar refractivity (Wildman–Crippen MR) is 124 cm³/mol. The summed E-state index contributed by atoms with van der Waals surface area (Å²) < 4.78 is 0. The predicted octanol–water partition coefficient (Wildman–Crippen LogP) is 4.53. The van der Waals surface area contributed by atoms with Crippen LogP contribution in [0.1, 0.15) is 35.3 Å². The van der Waals surface area contributed by atoms with Gasteiger partial charge in [-0.05, 0) is 47.5 Å². The van der Waals surface area contributed by atoms with Gasteiger partial charge in [0.1, 0.15) is 11.5 Å². The zero-order valence-corrected chi connectivity index (χ0v) is 17.5. The molecule has 7 heteroatoms. The molecule has 0 spiro atoms. The Morgan fingerprint density at radius 3 is 2.94 bits per heavy atom. The molecule has 1 amide bonds. The Morgan fingerprint density at radius 1 is 1.13 bits per heavy atom. The number of aromatic amines is 1. The average Bonchev–Trinajstić information content (AvgIpc) is 3.37. The molecule has 0 saturated carbocycles. The lowest BCUT2D eigenvalue weighted by molar-refractivity contribution is 0.102. The molecule has 7 nitrogen and oxygen atoms in total. The summed E-state index contributed by atoms with van der Waals surface area (Å²) >= 11 is 0. The number of fused-ring (bicyclic) bond motifs is 2. The molecule has 0 atom stereocenters. The number of hydrogen-bond donors (Lipinski definition) is 4. The first-order chi connectivity index (χ1) is 15.0. The third-order valence-electron chi connectivity index (χ3n) is 5.78. The van der Waals surface area contributed by atoms with E-state index in [4.69, 9.17) is 0 Å². The minimum absolute atomic E-state index is 0.0934. The molecule has 4 aromatic rings. The topological polar surface area (TPSA) is 94.7 Å². The lowest BCUT2D eigenvalue weighted by atomic mass is 9.87. The molecule has 1 aliphatic rings. The Morgan fingerprint density at radius 2 is 2.03 bits per heavy atom. The molecule has 156 valence electrons. The van der Waals surface area contributed by atoms with Crippen molar-refractivity contribution in [2.75, 3.05) is 22.5 Å². The van der Waals surface area contributed by atoms with E-state index in [1.165, 1.54) is 5.56 Å². The Hall–Kier alpha value is -3.87. The molecular formula is C24H24N6O. The van der Waals surface area contributed by atoms with Crippen LogP contribution < -0.4 is 16.0 Å². The maximum Gasteiger partial charge on any atom is 0.259 e. The third kappa shape index (κ3) is 3.59. The van der Waals surface area contributed by atoms with Gasteiger partial charge in [0.25, 0.3) is 5.91 Å². The molecule has 1 aromatic carbocycles. The van der Waals surface area contributed by atoms with Gasteiger partial charge in [0.2, 0.25) is 0 Å². The quantitative estimate of drug-likeness (QED) is 0.386. The summed E-state index contributed by atoms with van der Waals surface area (Å²) in [5.74, 6) is 0.343. The van der Waals surface area contributed by atoms with E-state index in [-0.39, 0.29) is 11.3 Å². The SMILES string of the molecule is CC1(C)CNc2cc(NC(=O)c3cccnc3NCc3ccnc4[nH]ccc34)ccc21. The second kappa shape index (κ2) is 7.43. The molecule has 4 heterocycles. The lowest BCUT2D eigenvalue weighted by Crippen LogP contribution is -2.18. The highest BCUT2D eigenvalue weighted by Crippen LogP contribution is 2.37. The first kappa shape index (κ1) is 19.1. The van der Waals surface area contributed by atoms with Gasteiger partial charge in [-0.3, -0.25) is 4.79 Å². The van der Waals surface area contributed by atoms with Crippen LogP contribution in [0.3, 0.4) is 0 Å². The highest BCUT2D eigenvalue weighted by Gasteiger charge is 2.29. The number of aromatic nitrogens is 3. The Kier molecular flexibility index (Phi) is 4.58. The van der Waals surface area contributed by atoms with Crippen molar-refractivity contribution in [2.45, 2.75) is 25.8 Å². The minimum atomic E-state index is -0.200. The van der Waals surface area contributed by atoms with E-state index in [9.17, 15) is 4.79 Å². The number of amides is 1. The van der Waals surface area contributed by atoms with E-state index in [1.807, 2.05) is 30.5 Å². The molecule has 3 aromatic heterocycles. The number of carbonyl (C=O) groups is 1. The highest BCUT2D eigenvalue weighted by molar-refractivity contribution is 6.07. The van der Waals surface area contributed by atoms with Crippen molar-refractivity contribution in [3.63, 3.8) is 0 Å². The second-order valence-electron chi connectivity index (χ2n) is 8.42. The van der Waals surface area contributed by atoms with E-state index >= 15 is 0 Å². The van der Waals surface area contributed by atoms with Gasteiger partial charge in [-0.1, -0.05) is 19.9 Å². The summed E-state index contributed by atoms with van der Waals surface area (Å²) in [6, 6.07) is 13.5. The largest absolute Gasteiger partial charge is 0.384 e. The summed E-state index contributed by atoms with van der Waals surface area (Å²) in [4.78, 5) is 24.8. The van der Waals surface area contributed by atoms with Crippen LogP contribution >= 0.6 is 0 Å². The molecular weight excluding hydrogens is 388 g/mol. The van der Waals surface area contributed by atoms with Crippen molar-refractivity contribution in [3.05, 3.63) is 77.7 Å². The fourth-order valence-electron chi connectivity index (χ4n) is 4.05. The zero-order valence-electron chi connectivity index (χ0n) is 17.5. The third-order valence-corrected chi connectivity index (χ3v) is 5.78. The van der Waals surface area contributed by atoms with Gasteiger partial charge in [-0.15, -0.1) is 0 Å². The van der Waals surface area contributed by atoms with Crippen LogP contribution in [0.2, 0.25) is 0 Å². The number of pyridine rings is 2. The summed E-state index contributed by atoms with van der Waals surface area (Å²) in [6.45, 7) is 5.84. The zero-order chi connectivity index (χ0) is 21.4. The Balaban J connectivity index is 1.34. The van der Waals surface area contributed by atoms with Gasteiger partial charge in [0.15, 0.2) is 0 Å². The fraction of sp³-hybridized carbons (Fsp3) is 0.208. The summed E-state index contributed by atoms with van der Waals surface area (Å²) in [5.41, 5.74) is 5.60. The van der Waals surface area contributed by atoms with Crippen molar-refractivity contribution >= 4 is 34.1 Å². The van der Waals surface area contributed by atoms with Crippen molar-refractivity contribution in [1.29, 1.82) is 0 Å². The number of rotatable bonds is 5. The lowest BCUT2D eigenvalue weighted by Gasteiger charge is -2.17. The monoisotopic (exact) mass is 412 g/mol. The second-order valence-corrected chi connectivity index (χ2v) is 8.42. The molecule has 0 bridgehead atoms. The van der Waals surface area contributed by atoms with Gasteiger partial charge < -0.3 is 20.9 Å². The van der Waals surface area contributed by atoms with Crippen LogP contribution in [0.4, 0.5) is 17.2 Å². The fourth-order valence-corrected chi connectivity index (χ4v) is 4.05. The van der Waals surface area contributed by atoms with Gasteiger partial charge in [0, 0.05) is 53.9 Å². The normalized spacial score (nSPS) is 14.1. The first-order valence-electron chi connectivity index (χ1n) is 10.3. The Bertz CT molecular complexity index is 1280. The van der Waals surface area contributed by atoms with E-state index in [0.717, 1.165) is 34.5 Å². The van der Waals surface area contributed by atoms with Crippen LogP contribution in [0.25, 0.3) is 11.0 Å². The Labute approximate surface area is 180 Å². The van der Waals surface area contributed by atoms with Crippen LogP contribution in [-0.4, -0.2) is 27.4 Å². The van der Waals surface area contributed by atoms with Crippen molar-refractivity contribution in [3.8, 4) is 0 Å². The van der Waals surface area contributed by atoms with E-state index in [0.29, 0.717) is 17.9 Å². The number of benzene rings is 1. The van der Waals surface area contributed by atoms with Gasteiger partial charge in [-0.2, -0.15) is 0 Å². The van der Waals surface area contributed by atoms with E-state index < -0.39 is 0 Å². The summed E-state index contributed by atoms with van der Waals surface area (Å²) in [5, 5.41) is 10.8.